The molecule has 0 bridgehead atoms. The molecule has 2 heteroatoms. The van der Waals surface area contributed by atoms with Crippen LogP contribution in [0.1, 0.15) is 76.5 Å². The second-order valence-electron chi connectivity index (χ2n) is 7.22. The van der Waals surface area contributed by atoms with Crippen LogP contribution in [0.5, 0.6) is 0 Å². The van der Waals surface area contributed by atoms with E-state index in [1.165, 1.54) is 31.2 Å². The van der Waals surface area contributed by atoms with E-state index in [1.54, 1.807) is 5.56 Å². The first kappa shape index (κ1) is 16.9. The number of rotatable bonds is 7. The van der Waals surface area contributed by atoms with Crippen molar-refractivity contribution in [3.8, 4) is 0 Å². The molecule has 1 unspecified atom stereocenters. The summed E-state index contributed by atoms with van der Waals surface area (Å²) >= 11 is 2.05. The molecule has 1 N–H and O–H groups in total. The van der Waals surface area contributed by atoms with E-state index < -0.39 is 0 Å². The van der Waals surface area contributed by atoms with Gasteiger partial charge in [-0.25, -0.2) is 0 Å². The van der Waals surface area contributed by atoms with E-state index in [2.05, 4.69) is 69.0 Å². The summed E-state index contributed by atoms with van der Waals surface area (Å²) in [6, 6.07) is 9.90. The molecule has 0 amide bonds. The Morgan fingerprint density at radius 1 is 1.19 bits per heavy atom. The van der Waals surface area contributed by atoms with Crippen molar-refractivity contribution in [3.63, 3.8) is 0 Å². The van der Waals surface area contributed by atoms with E-state index in [-0.39, 0.29) is 0 Å². The van der Waals surface area contributed by atoms with Gasteiger partial charge in [-0.05, 0) is 42.9 Å². The predicted octanol–water partition coefficient (Wildman–Crippen LogP) is 5.53. The van der Waals surface area contributed by atoms with Crippen molar-refractivity contribution in [3.05, 3.63) is 35.4 Å². The topological polar surface area (TPSA) is 12.0 Å². The summed E-state index contributed by atoms with van der Waals surface area (Å²) in [5.74, 6) is 1.98. The van der Waals surface area contributed by atoms with Crippen LogP contribution in [0, 0.1) is 0 Å². The highest BCUT2D eigenvalue weighted by molar-refractivity contribution is 8.00. The number of thioether (sulfide) groups is 1. The Hall–Kier alpha value is -0.470. The Morgan fingerprint density at radius 2 is 1.86 bits per heavy atom. The zero-order valence-corrected chi connectivity index (χ0v) is 14.9. The summed E-state index contributed by atoms with van der Waals surface area (Å²) in [4.78, 5) is 0. The lowest BCUT2D eigenvalue weighted by atomic mass is 9.80. The van der Waals surface area contributed by atoms with Crippen LogP contribution in [-0.4, -0.2) is 17.0 Å². The van der Waals surface area contributed by atoms with Crippen LogP contribution in [0.2, 0.25) is 0 Å². The molecule has 1 aromatic rings. The maximum Gasteiger partial charge on any atom is 0.0412 e. The zero-order chi connectivity index (χ0) is 15.3. The van der Waals surface area contributed by atoms with Crippen LogP contribution in [-0.2, 0) is 0 Å². The van der Waals surface area contributed by atoms with Crippen LogP contribution in [0.4, 0.5) is 0 Å². The first-order valence-corrected chi connectivity index (χ1v) is 9.45. The minimum absolute atomic E-state index is 0.331. The van der Waals surface area contributed by atoms with Gasteiger partial charge in [0.25, 0.3) is 0 Å². The van der Waals surface area contributed by atoms with Gasteiger partial charge in [0.1, 0.15) is 0 Å². The van der Waals surface area contributed by atoms with E-state index in [0.717, 1.165) is 18.2 Å². The highest BCUT2D eigenvalue weighted by Gasteiger charge is 2.20. The highest BCUT2D eigenvalue weighted by Crippen LogP contribution is 2.37. The lowest BCUT2D eigenvalue weighted by Gasteiger charge is -2.27. The second kappa shape index (κ2) is 7.69. The summed E-state index contributed by atoms with van der Waals surface area (Å²) in [5, 5.41) is 3.71. The Morgan fingerprint density at radius 3 is 2.33 bits per heavy atom. The average molecular weight is 306 g/mol. The molecule has 0 aromatic heterocycles. The van der Waals surface area contributed by atoms with Gasteiger partial charge in [0.15, 0.2) is 0 Å². The lowest BCUT2D eigenvalue weighted by Crippen LogP contribution is -2.26. The fraction of sp³-hybridized carbons (Fsp3) is 0.684. The Kier molecular flexibility index (Phi) is 6.19. The van der Waals surface area contributed by atoms with Gasteiger partial charge in [0.05, 0.1) is 0 Å². The van der Waals surface area contributed by atoms with Crippen molar-refractivity contribution < 1.29 is 0 Å². The van der Waals surface area contributed by atoms with Crippen LogP contribution in [0.15, 0.2) is 24.3 Å². The molecule has 1 aliphatic carbocycles. The molecule has 0 saturated heterocycles. The number of nitrogens with one attached hydrogen (secondary N) is 1. The number of benzene rings is 1. The Labute approximate surface area is 135 Å². The third-order valence-corrected chi connectivity index (χ3v) is 5.61. The summed E-state index contributed by atoms with van der Waals surface area (Å²) in [7, 11) is 0. The smallest absolute Gasteiger partial charge is 0.0412 e. The summed E-state index contributed by atoms with van der Waals surface area (Å²) in [5.41, 5.74) is 2.99. The van der Waals surface area contributed by atoms with Gasteiger partial charge in [0.2, 0.25) is 0 Å². The van der Waals surface area contributed by atoms with Crippen molar-refractivity contribution in [1.29, 1.82) is 0 Å². The summed E-state index contributed by atoms with van der Waals surface area (Å²) in [6.45, 7) is 10.2. The van der Waals surface area contributed by atoms with E-state index in [9.17, 15) is 0 Å². The van der Waals surface area contributed by atoms with E-state index in [1.807, 2.05) is 0 Å². The maximum atomic E-state index is 3.71. The monoisotopic (exact) mass is 305 g/mol. The fourth-order valence-corrected chi connectivity index (χ4v) is 3.64. The Bertz CT molecular complexity index is 414. The molecular weight excluding hydrogens is 274 g/mol. The highest BCUT2D eigenvalue weighted by atomic mass is 32.2. The third kappa shape index (κ3) is 5.34. The van der Waals surface area contributed by atoms with E-state index in [0.29, 0.717) is 10.8 Å². The van der Waals surface area contributed by atoms with Gasteiger partial charge in [-0.15, -0.1) is 0 Å². The molecule has 0 radical (unpaired) electrons. The normalized spacial score (nSPS) is 17.5. The minimum atomic E-state index is 0.331. The molecule has 0 spiro atoms. The van der Waals surface area contributed by atoms with Gasteiger partial charge in [-0.2, -0.15) is 11.8 Å². The molecule has 1 nitrogen and oxygen atoms in total. The molecule has 1 aliphatic rings. The Balaban J connectivity index is 2.00. The molecule has 1 saturated carbocycles. The minimum Gasteiger partial charge on any atom is -0.309 e. The van der Waals surface area contributed by atoms with Gasteiger partial charge >= 0.3 is 0 Å². The van der Waals surface area contributed by atoms with Crippen molar-refractivity contribution in [2.24, 2.45) is 0 Å². The average Bonchev–Trinajstić information content (AvgIpc) is 2.37. The van der Waals surface area contributed by atoms with E-state index >= 15 is 0 Å². The molecule has 1 fully saturated rings. The van der Waals surface area contributed by atoms with Crippen LogP contribution in [0.25, 0.3) is 0 Å². The van der Waals surface area contributed by atoms with Gasteiger partial charge in [-0.3, -0.25) is 0 Å². The van der Waals surface area contributed by atoms with Gasteiger partial charge in [-0.1, -0.05) is 58.4 Å². The van der Waals surface area contributed by atoms with Crippen LogP contribution in [0.3, 0.4) is 0 Å². The van der Waals surface area contributed by atoms with Crippen molar-refractivity contribution >= 4 is 11.8 Å². The predicted molar refractivity (Wildman–Crippen MR) is 96.3 cm³/mol. The lowest BCUT2D eigenvalue weighted by molar-refractivity contribution is 0.419. The van der Waals surface area contributed by atoms with Crippen molar-refractivity contribution in [2.75, 3.05) is 12.3 Å². The first-order chi connectivity index (χ1) is 9.99. The molecular formula is C19H31NS. The molecule has 21 heavy (non-hydrogen) atoms. The van der Waals surface area contributed by atoms with Crippen LogP contribution < -0.4 is 5.32 Å². The third-order valence-electron chi connectivity index (χ3n) is 4.24. The second-order valence-corrected chi connectivity index (χ2v) is 9.07. The van der Waals surface area contributed by atoms with Crippen LogP contribution >= 0.6 is 11.8 Å². The zero-order valence-electron chi connectivity index (χ0n) is 14.1. The molecule has 0 aliphatic heterocycles. The maximum absolute atomic E-state index is 3.71. The van der Waals surface area contributed by atoms with Gasteiger partial charge in [0, 0.05) is 16.5 Å². The summed E-state index contributed by atoms with van der Waals surface area (Å²) in [6.07, 6.45) is 5.37. The first-order valence-electron chi connectivity index (χ1n) is 8.47. The molecule has 118 valence electrons. The SMILES string of the molecule is CCCNC(CSC(C)(C)C)c1ccc(C2CCC2)cc1. The fourth-order valence-electron chi connectivity index (χ4n) is 2.67. The van der Waals surface area contributed by atoms with Crippen molar-refractivity contribution in [1.82, 2.24) is 5.32 Å². The standard InChI is InChI=1S/C19H31NS/c1-5-13-20-18(14-21-19(2,3)4)17-11-9-16(10-12-17)15-7-6-8-15/h9-12,15,18,20H,5-8,13-14H2,1-4H3. The molecule has 1 atom stereocenters. The van der Waals surface area contributed by atoms with E-state index in [4.69, 9.17) is 0 Å². The molecule has 1 aromatic carbocycles. The molecule has 0 heterocycles. The largest absolute Gasteiger partial charge is 0.309 e. The summed E-state index contributed by atoms with van der Waals surface area (Å²) < 4.78 is 0.331. The van der Waals surface area contributed by atoms with Gasteiger partial charge < -0.3 is 5.32 Å². The number of hydrogen-bond acceptors (Lipinski definition) is 2. The van der Waals surface area contributed by atoms with Crippen molar-refractivity contribution in [2.45, 2.75) is 70.1 Å². The quantitative estimate of drug-likeness (QED) is 0.711. The number of hydrogen-bond donors (Lipinski definition) is 1. The molecule has 2 rings (SSSR count).